The van der Waals surface area contributed by atoms with Crippen LogP contribution in [0.1, 0.15) is 12.0 Å². The van der Waals surface area contributed by atoms with Gasteiger partial charge >= 0.3 is 0 Å². The molecule has 3 aromatic rings. The number of amides is 2. The number of para-hydroxylation sites is 1. The predicted octanol–water partition coefficient (Wildman–Crippen LogP) is 1.98. The van der Waals surface area contributed by atoms with Crippen molar-refractivity contribution in [3.8, 4) is 0 Å². The Morgan fingerprint density at radius 1 is 1.18 bits per heavy atom. The van der Waals surface area contributed by atoms with Gasteiger partial charge in [-0.3, -0.25) is 14.4 Å². The van der Waals surface area contributed by atoms with E-state index >= 15 is 0 Å². The van der Waals surface area contributed by atoms with Crippen LogP contribution in [0.3, 0.4) is 0 Å². The molecule has 1 aliphatic rings. The molecule has 0 bridgehead atoms. The number of nitrogens with zero attached hydrogens (tertiary/aromatic N) is 3. The van der Waals surface area contributed by atoms with Crippen LogP contribution in [0, 0.1) is 12.7 Å². The number of nitrogen functional groups attached to an aromatic ring is 1. The van der Waals surface area contributed by atoms with Crippen LogP contribution in [0.15, 0.2) is 52.4 Å². The lowest BCUT2D eigenvalue weighted by Crippen LogP contribution is -2.33. The van der Waals surface area contributed by atoms with Gasteiger partial charge in [0.1, 0.15) is 11.1 Å². The molecule has 1 unspecified atom stereocenters. The normalized spacial score (nSPS) is 16.9. The molecular weight excluding hydrogens is 383 g/mol. The Kier molecular flexibility index (Phi) is 4.38. The van der Waals surface area contributed by atoms with E-state index in [2.05, 4.69) is 4.98 Å². The van der Waals surface area contributed by atoms with Crippen LogP contribution in [0.4, 0.5) is 10.1 Å². The van der Waals surface area contributed by atoms with Gasteiger partial charge in [-0.25, -0.2) is 19.0 Å². The van der Waals surface area contributed by atoms with Gasteiger partial charge in [0.15, 0.2) is 5.16 Å². The van der Waals surface area contributed by atoms with Crippen molar-refractivity contribution in [3.63, 3.8) is 0 Å². The molecule has 142 valence electrons. The van der Waals surface area contributed by atoms with E-state index in [1.54, 1.807) is 37.3 Å². The molecule has 1 atom stereocenters. The van der Waals surface area contributed by atoms with Crippen LogP contribution in [0.25, 0.3) is 10.9 Å². The SMILES string of the molecule is Cc1ccc(N2C(=O)CC(Sc3nc4ccccc4c(=O)n3N)C2=O)c(F)c1. The fraction of sp³-hybridized carbons (Fsp3) is 0.158. The third-order valence-electron chi connectivity index (χ3n) is 4.47. The van der Waals surface area contributed by atoms with E-state index in [9.17, 15) is 18.8 Å². The van der Waals surface area contributed by atoms with Crippen LogP contribution in [-0.2, 0) is 9.59 Å². The predicted molar refractivity (Wildman–Crippen MR) is 104 cm³/mol. The lowest BCUT2D eigenvalue weighted by atomic mass is 10.2. The molecule has 2 N–H and O–H groups in total. The highest BCUT2D eigenvalue weighted by Crippen LogP contribution is 2.34. The zero-order valence-corrected chi connectivity index (χ0v) is 15.6. The molecule has 2 aromatic carbocycles. The lowest BCUT2D eigenvalue weighted by molar-refractivity contribution is -0.121. The van der Waals surface area contributed by atoms with E-state index in [0.29, 0.717) is 16.5 Å². The van der Waals surface area contributed by atoms with Gasteiger partial charge in [-0.2, -0.15) is 0 Å². The largest absolute Gasteiger partial charge is 0.334 e. The molecule has 0 radical (unpaired) electrons. The maximum absolute atomic E-state index is 14.3. The number of hydrogen-bond donors (Lipinski definition) is 1. The Balaban J connectivity index is 1.68. The second kappa shape index (κ2) is 6.75. The third-order valence-corrected chi connectivity index (χ3v) is 5.62. The molecule has 1 saturated heterocycles. The molecule has 1 aliphatic heterocycles. The van der Waals surface area contributed by atoms with Crippen molar-refractivity contribution in [2.75, 3.05) is 10.7 Å². The third kappa shape index (κ3) is 2.93. The monoisotopic (exact) mass is 398 g/mol. The Hall–Kier alpha value is -3.20. The highest BCUT2D eigenvalue weighted by atomic mass is 32.2. The van der Waals surface area contributed by atoms with Gasteiger partial charge in [-0.05, 0) is 36.8 Å². The summed E-state index contributed by atoms with van der Waals surface area (Å²) in [5.41, 5.74) is 0.584. The Labute approximate surface area is 162 Å². The molecule has 7 nitrogen and oxygen atoms in total. The average Bonchev–Trinajstić information content (AvgIpc) is 2.93. The molecule has 2 amide bonds. The van der Waals surface area contributed by atoms with E-state index in [1.165, 1.54) is 12.1 Å². The molecule has 2 heterocycles. The van der Waals surface area contributed by atoms with Crippen molar-refractivity contribution in [2.24, 2.45) is 0 Å². The number of aryl methyl sites for hydroxylation is 1. The number of halogens is 1. The number of carbonyl (C=O) groups excluding carboxylic acids is 2. The van der Waals surface area contributed by atoms with Crippen molar-refractivity contribution in [1.82, 2.24) is 9.66 Å². The van der Waals surface area contributed by atoms with Gasteiger partial charge in [0, 0.05) is 6.42 Å². The van der Waals surface area contributed by atoms with Crippen LogP contribution in [0.2, 0.25) is 0 Å². The van der Waals surface area contributed by atoms with Gasteiger partial charge in [0.2, 0.25) is 11.8 Å². The van der Waals surface area contributed by atoms with Crippen molar-refractivity contribution >= 4 is 40.2 Å². The summed E-state index contributed by atoms with van der Waals surface area (Å²) in [7, 11) is 0. The van der Waals surface area contributed by atoms with Crippen LogP contribution in [0.5, 0.6) is 0 Å². The number of rotatable bonds is 3. The van der Waals surface area contributed by atoms with Gasteiger partial charge < -0.3 is 5.84 Å². The molecule has 4 rings (SSSR count). The smallest absolute Gasteiger partial charge is 0.280 e. The van der Waals surface area contributed by atoms with Gasteiger partial charge in [0.05, 0.1) is 16.6 Å². The standard InChI is InChI=1S/C19H15FN4O3S/c1-10-6-7-14(12(20)8-10)23-16(25)9-15(18(23)27)28-19-22-13-5-3-2-4-11(13)17(26)24(19)21/h2-8,15H,9,21H2,1H3. The average molecular weight is 398 g/mol. The number of thioether (sulfide) groups is 1. The first-order chi connectivity index (χ1) is 13.4. The first-order valence-electron chi connectivity index (χ1n) is 8.43. The quantitative estimate of drug-likeness (QED) is 0.412. The fourth-order valence-corrected chi connectivity index (χ4v) is 4.11. The number of imide groups is 1. The van der Waals surface area contributed by atoms with Gasteiger partial charge in [0.25, 0.3) is 5.56 Å². The zero-order valence-electron chi connectivity index (χ0n) is 14.8. The summed E-state index contributed by atoms with van der Waals surface area (Å²) < 4.78 is 15.1. The van der Waals surface area contributed by atoms with Crippen molar-refractivity contribution in [1.29, 1.82) is 0 Å². The van der Waals surface area contributed by atoms with E-state index in [-0.39, 0.29) is 17.3 Å². The molecule has 9 heteroatoms. The minimum Gasteiger partial charge on any atom is -0.334 e. The number of anilines is 1. The molecule has 28 heavy (non-hydrogen) atoms. The summed E-state index contributed by atoms with van der Waals surface area (Å²) in [6.45, 7) is 1.71. The van der Waals surface area contributed by atoms with Gasteiger partial charge in [-0.1, -0.05) is 30.0 Å². The van der Waals surface area contributed by atoms with Crippen LogP contribution < -0.4 is 16.3 Å². The molecule has 0 saturated carbocycles. The maximum atomic E-state index is 14.3. The Morgan fingerprint density at radius 2 is 1.93 bits per heavy atom. The number of carbonyl (C=O) groups is 2. The first kappa shape index (κ1) is 18.2. The van der Waals surface area contributed by atoms with Crippen LogP contribution in [-0.4, -0.2) is 26.7 Å². The van der Waals surface area contributed by atoms with Crippen molar-refractivity contribution in [3.05, 3.63) is 64.2 Å². The van der Waals surface area contributed by atoms with Crippen LogP contribution >= 0.6 is 11.8 Å². The molecule has 0 spiro atoms. The minimum atomic E-state index is -0.851. The van der Waals surface area contributed by atoms with E-state index in [0.717, 1.165) is 21.3 Å². The number of fused-ring (bicyclic) bond motifs is 1. The van der Waals surface area contributed by atoms with E-state index < -0.39 is 28.4 Å². The second-order valence-electron chi connectivity index (χ2n) is 6.42. The fourth-order valence-electron chi connectivity index (χ4n) is 3.08. The first-order valence-corrected chi connectivity index (χ1v) is 9.31. The summed E-state index contributed by atoms with van der Waals surface area (Å²) in [6.07, 6.45) is -0.139. The number of benzene rings is 2. The lowest BCUT2D eigenvalue weighted by Gasteiger charge is -2.16. The van der Waals surface area contributed by atoms with Crippen molar-refractivity contribution < 1.29 is 14.0 Å². The zero-order chi connectivity index (χ0) is 20.0. The summed E-state index contributed by atoms with van der Waals surface area (Å²) in [6, 6.07) is 11.0. The number of aromatic nitrogens is 2. The molecular formula is C19H15FN4O3S. The minimum absolute atomic E-state index is 0.0830. The maximum Gasteiger partial charge on any atom is 0.280 e. The summed E-state index contributed by atoms with van der Waals surface area (Å²) >= 11 is 0.918. The Morgan fingerprint density at radius 3 is 2.68 bits per heavy atom. The van der Waals surface area contributed by atoms with Gasteiger partial charge in [-0.15, -0.1) is 0 Å². The second-order valence-corrected chi connectivity index (χ2v) is 7.59. The van der Waals surface area contributed by atoms with E-state index in [4.69, 9.17) is 5.84 Å². The summed E-state index contributed by atoms with van der Waals surface area (Å²) in [4.78, 5) is 42.7. The highest BCUT2D eigenvalue weighted by molar-refractivity contribution is 8.00. The molecule has 1 aromatic heterocycles. The topological polar surface area (TPSA) is 98.3 Å². The number of nitrogens with two attached hydrogens (primary N) is 1. The van der Waals surface area contributed by atoms with E-state index in [1.807, 2.05) is 0 Å². The molecule has 1 fully saturated rings. The number of hydrogen-bond acceptors (Lipinski definition) is 6. The summed E-state index contributed by atoms with van der Waals surface area (Å²) in [5.74, 6) is 4.11. The summed E-state index contributed by atoms with van der Waals surface area (Å²) in [5, 5.41) is -0.385. The van der Waals surface area contributed by atoms with Crippen molar-refractivity contribution in [2.45, 2.75) is 23.8 Å². The molecule has 0 aliphatic carbocycles. The Bertz CT molecular complexity index is 1190. The highest BCUT2D eigenvalue weighted by Gasteiger charge is 2.42.